The van der Waals surface area contributed by atoms with Crippen LogP contribution >= 0.6 is 0 Å². The fraction of sp³-hybridized carbons (Fsp3) is 0.200. The lowest BCUT2D eigenvalue weighted by Crippen LogP contribution is -2.55. The molecule has 1 aliphatic heterocycles. The van der Waals surface area contributed by atoms with Crippen molar-refractivity contribution in [1.82, 2.24) is 0 Å². The topological polar surface area (TPSA) is 37.4 Å². The number of halogens is 2. The van der Waals surface area contributed by atoms with Crippen LogP contribution in [0.4, 0.5) is 14.5 Å². The standard InChI is InChI=1S/C25H21F2NO2/c1-16-2-4-18(5-3-16)24-22(14-15-23(29)17-6-8-19(26)9-7-17)25(30)28(24)21-12-10-20(27)11-13-21/h2-13,22,24H,14-15H2,1H3/t22-,24-/m1/s1. The fourth-order valence-electron chi connectivity index (χ4n) is 3.93. The smallest absolute Gasteiger partial charge is 0.233 e. The molecule has 1 saturated heterocycles. The maximum atomic E-state index is 13.3. The van der Waals surface area contributed by atoms with E-state index >= 15 is 0 Å². The predicted molar refractivity (Wildman–Crippen MR) is 111 cm³/mol. The van der Waals surface area contributed by atoms with E-state index in [1.807, 2.05) is 31.2 Å². The zero-order chi connectivity index (χ0) is 21.3. The number of carbonyl (C=O) groups is 2. The Labute approximate surface area is 174 Å². The first-order valence-electron chi connectivity index (χ1n) is 9.88. The molecule has 5 heteroatoms. The number of hydrogen-bond acceptors (Lipinski definition) is 2. The van der Waals surface area contributed by atoms with Crippen molar-refractivity contribution in [3.05, 3.63) is 101 Å². The summed E-state index contributed by atoms with van der Waals surface area (Å²) in [6.07, 6.45) is 0.590. The van der Waals surface area contributed by atoms with Gasteiger partial charge in [-0.1, -0.05) is 29.8 Å². The van der Waals surface area contributed by atoms with Gasteiger partial charge >= 0.3 is 0 Å². The lowest BCUT2D eigenvalue weighted by Gasteiger charge is -2.47. The summed E-state index contributed by atoms with van der Waals surface area (Å²) in [5.74, 6) is -1.30. The summed E-state index contributed by atoms with van der Waals surface area (Å²) in [6, 6.07) is 19.0. The normalized spacial score (nSPS) is 18.2. The van der Waals surface area contributed by atoms with E-state index in [0.717, 1.165) is 11.1 Å². The zero-order valence-corrected chi connectivity index (χ0v) is 16.5. The van der Waals surface area contributed by atoms with Gasteiger partial charge in [0.25, 0.3) is 0 Å². The van der Waals surface area contributed by atoms with Gasteiger partial charge in [0.15, 0.2) is 5.78 Å². The molecular weight excluding hydrogens is 384 g/mol. The first-order valence-corrected chi connectivity index (χ1v) is 9.88. The number of β-lactam (4-membered cyclic amide) rings is 1. The monoisotopic (exact) mass is 405 g/mol. The quantitative estimate of drug-likeness (QED) is 0.393. The lowest BCUT2D eigenvalue weighted by atomic mass is 9.78. The number of rotatable bonds is 6. The molecule has 0 unspecified atom stereocenters. The second-order valence-electron chi connectivity index (χ2n) is 7.62. The van der Waals surface area contributed by atoms with E-state index < -0.39 is 5.82 Å². The maximum Gasteiger partial charge on any atom is 0.233 e. The third kappa shape index (κ3) is 3.88. The molecule has 1 aliphatic rings. The molecule has 3 aromatic carbocycles. The number of Topliss-reactive ketones (excluding diaryl/α,β-unsaturated/α-hetero) is 1. The highest BCUT2D eigenvalue weighted by atomic mass is 19.1. The van der Waals surface area contributed by atoms with Gasteiger partial charge < -0.3 is 4.90 Å². The van der Waals surface area contributed by atoms with E-state index in [4.69, 9.17) is 0 Å². The minimum Gasteiger partial charge on any atom is -0.304 e. The maximum absolute atomic E-state index is 13.3. The largest absolute Gasteiger partial charge is 0.304 e. The van der Waals surface area contributed by atoms with E-state index in [-0.39, 0.29) is 35.9 Å². The molecule has 3 aromatic rings. The van der Waals surface area contributed by atoms with Gasteiger partial charge in [-0.25, -0.2) is 8.78 Å². The summed E-state index contributed by atoms with van der Waals surface area (Å²) in [6.45, 7) is 1.99. The first kappa shape index (κ1) is 20.0. The molecular formula is C25H21F2NO2. The van der Waals surface area contributed by atoms with Gasteiger partial charge in [-0.2, -0.15) is 0 Å². The second-order valence-corrected chi connectivity index (χ2v) is 7.62. The van der Waals surface area contributed by atoms with Gasteiger partial charge in [0, 0.05) is 17.7 Å². The highest BCUT2D eigenvalue weighted by Crippen LogP contribution is 2.45. The molecule has 0 radical (unpaired) electrons. The lowest BCUT2D eigenvalue weighted by molar-refractivity contribution is -0.130. The minimum atomic E-state index is -0.393. The molecule has 1 heterocycles. The number of anilines is 1. The van der Waals surface area contributed by atoms with Gasteiger partial charge in [0.1, 0.15) is 11.6 Å². The minimum absolute atomic E-state index is 0.0842. The molecule has 30 heavy (non-hydrogen) atoms. The van der Waals surface area contributed by atoms with Crippen molar-refractivity contribution in [2.24, 2.45) is 5.92 Å². The summed E-state index contributed by atoms with van der Waals surface area (Å²) in [5, 5.41) is 0. The third-order valence-corrected chi connectivity index (χ3v) is 5.59. The summed E-state index contributed by atoms with van der Waals surface area (Å²) in [5.41, 5.74) is 3.16. The van der Waals surface area contributed by atoms with Crippen molar-refractivity contribution in [1.29, 1.82) is 0 Å². The van der Waals surface area contributed by atoms with Crippen molar-refractivity contribution in [3.8, 4) is 0 Å². The summed E-state index contributed by atoms with van der Waals surface area (Å²) < 4.78 is 26.4. The zero-order valence-electron chi connectivity index (χ0n) is 16.5. The van der Waals surface area contributed by atoms with Crippen molar-refractivity contribution < 1.29 is 18.4 Å². The van der Waals surface area contributed by atoms with Crippen molar-refractivity contribution in [2.45, 2.75) is 25.8 Å². The van der Waals surface area contributed by atoms with Crippen molar-refractivity contribution in [2.75, 3.05) is 4.90 Å². The van der Waals surface area contributed by atoms with Crippen LogP contribution in [0.2, 0.25) is 0 Å². The van der Waals surface area contributed by atoms with Crippen molar-refractivity contribution in [3.63, 3.8) is 0 Å². The Hall–Kier alpha value is -3.34. The summed E-state index contributed by atoms with van der Waals surface area (Å²) in [7, 11) is 0. The number of hydrogen-bond donors (Lipinski definition) is 0. The van der Waals surface area contributed by atoms with E-state index in [2.05, 4.69) is 0 Å². The van der Waals surface area contributed by atoms with Gasteiger partial charge in [0.05, 0.1) is 12.0 Å². The Kier molecular flexibility index (Phi) is 5.44. The van der Waals surface area contributed by atoms with Crippen LogP contribution in [0.15, 0.2) is 72.8 Å². The molecule has 0 aromatic heterocycles. The molecule has 0 spiro atoms. The predicted octanol–water partition coefficient (Wildman–Crippen LogP) is 5.64. The average Bonchev–Trinajstić information content (AvgIpc) is 2.74. The average molecular weight is 405 g/mol. The van der Waals surface area contributed by atoms with E-state index in [0.29, 0.717) is 17.7 Å². The molecule has 152 valence electrons. The second kappa shape index (κ2) is 8.19. The number of amides is 1. The number of ketones is 1. The van der Waals surface area contributed by atoms with Crippen LogP contribution < -0.4 is 4.90 Å². The first-order chi connectivity index (χ1) is 14.4. The van der Waals surface area contributed by atoms with Gasteiger partial charge in [-0.15, -0.1) is 0 Å². The van der Waals surface area contributed by atoms with Crippen LogP contribution in [-0.2, 0) is 4.79 Å². The van der Waals surface area contributed by atoms with Gasteiger partial charge in [-0.3, -0.25) is 9.59 Å². The van der Waals surface area contributed by atoms with Crippen LogP contribution in [0, 0.1) is 24.5 Å². The molecule has 3 nitrogen and oxygen atoms in total. The number of nitrogens with zero attached hydrogens (tertiary/aromatic N) is 1. The summed E-state index contributed by atoms with van der Waals surface area (Å²) in [4.78, 5) is 27.1. The van der Waals surface area contributed by atoms with E-state index in [9.17, 15) is 18.4 Å². The molecule has 0 aliphatic carbocycles. The number of benzene rings is 3. The molecule has 1 amide bonds. The van der Waals surface area contributed by atoms with Crippen LogP contribution in [0.3, 0.4) is 0 Å². The Morgan fingerprint density at radius 1 is 0.867 bits per heavy atom. The van der Waals surface area contributed by atoms with E-state index in [1.54, 1.807) is 17.0 Å². The fourth-order valence-corrected chi connectivity index (χ4v) is 3.93. The molecule has 1 fully saturated rings. The Balaban J connectivity index is 1.55. The van der Waals surface area contributed by atoms with Crippen LogP contribution in [-0.4, -0.2) is 11.7 Å². The SMILES string of the molecule is Cc1ccc([C@@H]2[C@@H](CCC(=O)c3ccc(F)cc3)C(=O)N2c2ccc(F)cc2)cc1. The Bertz CT molecular complexity index is 1060. The summed E-state index contributed by atoms with van der Waals surface area (Å²) >= 11 is 0. The Morgan fingerprint density at radius 3 is 2.03 bits per heavy atom. The van der Waals surface area contributed by atoms with E-state index in [1.165, 1.54) is 36.4 Å². The highest BCUT2D eigenvalue weighted by Gasteiger charge is 2.48. The van der Waals surface area contributed by atoms with Crippen LogP contribution in [0.25, 0.3) is 0 Å². The van der Waals surface area contributed by atoms with Gasteiger partial charge in [-0.05, 0) is 67.4 Å². The highest BCUT2D eigenvalue weighted by molar-refractivity contribution is 6.04. The number of carbonyl (C=O) groups excluding carboxylic acids is 2. The molecule has 2 atom stereocenters. The molecule has 0 bridgehead atoms. The molecule has 0 saturated carbocycles. The van der Waals surface area contributed by atoms with Crippen molar-refractivity contribution >= 4 is 17.4 Å². The van der Waals surface area contributed by atoms with Crippen LogP contribution in [0.1, 0.15) is 40.4 Å². The molecule has 0 N–H and O–H groups in total. The molecule has 4 rings (SSSR count). The van der Waals surface area contributed by atoms with Crippen LogP contribution in [0.5, 0.6) is 0 Å². The van der Waals surface area contributed by atoms with Gasteiger partial charge in [0.2, 0.25) is 5.91 Å². The number of aryl methyl sites for hydroxylation is 1. The third-order valence-electron chi connectivity index (χ3n) is 5.59. The Morgan fingerprint density at radius 2 is 1.43 bits per heavy atom.